The molecule has 1 fully saturated rings. The van der Waals surface area contributed by atoms with Gasteiger partial charge in [0.25, 0.3) is 0 Å². The summed E-state index contributed by atoms with van der Waals surface area (Å²) >= 11 is 3.03. The molecule has 0 aliphatic carbocycles. The number of thiazole rings is 1. The summed E-state index contributed by atoms with van der Waals surface area (Å²) < 4.78 is 0.854. The van der Waals surface area contributed by atoms with Crippen molar-refractivity contribution in [2.45, 2.75) is 29.8 Å². The van der Waals surface area contributed by atoms with Gasteiger partial charge in [-0.2, -0.15) is 0 Å². The summed E-state index contributed by atoms with van der Waals surface area (Å²) in [6.45, 7) is 0.660. The Labute approximate surface area is 183 Å². The third-order valence-corrected chi connectivity index (χ3v) is 7.32. The number of rotatable bonds is 8. The Morgan fingerprint density at radius 1 is 1.20 bits per heavy atom. The molecule has 3 aromatic rings. The second-order valence-corrected chi connectivity index (χ2v) is 9.28. The van der Waals surface area contributed by atoms with E-state index in [1.165, 1.54) is 11.3 Å². The van der Waals surface area contributed by atoms with Crippen LogP contribution in [0.1, 0.15) is 40.5 Å². The van der Waals surface area contributed by atoms with Gasteiger partial charge < -0.3 is 10.0 Å². The lowest BCUT2D eigenvalue weighted by Crippen LogP contribution is -2.29. The van der Waals surface area contributed by atoms with Gasteiger partial charge in [-0.25, -0.2) is 4.98 Å². The molecular formula is C23H22N2O3S2. The van der Waals surface area contributed by atoms with Crippen molar-refractivity contribution in [1.82, 2.24) is 9.88 Å². The molecule has 1 saturated heterocycles. The summed E-state index contributed by atoms with van der Waals surface area (Å²) in [4.78, 5) is 29.4. The van der Waals surface area contributed by atoms with Crippen molar-refractivity contribution in [3.8, 4) is 11.1 Å². The van der Waals surface area contributed by atoms with Crippen LogP contribution in [0.25, 0.3) is 11.1 Å². The van der Waals surface area contributed by atoms with E-state index in [1.54, 1.807) is 17.1 Å². The Balaban J connectivity index is 1.44. The lowest BCUT2D eigenvalue weighted by molar-refractivity contribution is -0.128. The summed E-state index contributed by atoms with van der Waals surface area (Å²) in [6, 6.07) is 16.2. The molecule has 0 spiro atoms. The van der Waals surface area contributed by atoms with Gasteiger partial charge in [0.05, 0.1) is 12.6 Å². The fourth-order valence-corrected chi connectivity index (χ4v) is 5.59. The first-order chi connectivity index (χ1) is 14.7. The van der Waals surface area contributed by atoms with Gasteiger partial charge in [0.1, 0.15) is 5.69 Å². The molecule has 1 aromatic heterocycles. The number of carbonyl (C=O) groups is 2. The van der Waals surface area contributed by atoms with Crippen LogP contribution >= 0.6 is 23.1 Å². The Morgan fingerprint density at radius 2 is 2.00 bits per heavy atom. The summed E-state index contributed by atoms with van der Waals surface area (Å²) in [5.41, 5.74) is 4.58. The number of nitrogens with zero attached hydrogens (tertiary/aromatic N) is 2. The number of amides is 1. The molecule has 5 nitrogen and oxygen atoms in total. The van der Waals surface area contributed by atoms with Crippen molar-refractivity contribution in [3.63, 3.8) is 0 Å². The largest absolute Gasteiger partial charge is 0.392 e. The fourth-order valence-electron chi connectivity index (χ4n) is 3.81. The van der Waals surface area contributed by atoms with Gasteiger partial charge in [0, 0.05) is 24.1 Å². The van der Waals surface area contributed by atoms with E-state index in [9.17, 15) is 14.7 Å². The number of thioether (sulfide) groups is 1. The van der Waals surface area contributed by atoms with Crippen LogP contribution in [-0.4, -0.2) is 39.5 Å². The topological polar surface area (TPSA) is 70.5 Å². The number of likely N-dealkylation sites (tertiary alicyclic amines) is 1. The summed E-state index contributed by atoms with van der Waals surface area (Å²) in [5.74, 6) is 0.929. The molecule has 1 aliphatic rings. The molecule has 2 aromatic carbocycles. The molecule has 0 saturated carbocycles. The number of aromatic nitrogens is 1. The second-order valence-electron chi connectivity index (χ2n) is 7.08. The van der Waals surface area contributed by atoms with Gasteiger partial charge in [-0.05, 0) is 28.7 Å². The zero-order valence-electron chi connectivity index (χ0n) is 16.4. The van der Waals surface area contributed by atoms with Gasteiger partial charge in [-0.3, -0.25) is 9.59 Å². The molecule has 1 atom stereocenters. The van der Waals surface area contributed by atoms with Gasteiger partial charge in [-0.1, -0.05) is 60.3 Å². The zero-order valence-corrected chi connectivity index (χ0v) is 18.0. The lowest BCUT2D eigenvalue weighted by atomic mass is 9.97. The maximum atomic E-state index is 12.5. The molecule has 1 amide bonds. The highest BCUT2D eigenvalue weighted by atomic mass is 32.2. The maximum absolute atomic E-state index is 12.5. The minimum absolute atomic E-state index is 0.00787. The number of hydrogen-bond donors (Lipinski definition) is 1. The highest BCUT2D eigenvalue weighted by Gasteiger charge is 2.31. The maximum Gasteiger partial charge on any atom is 0.223 e. The molecule has 1 N–H and O–H groups in total. The van der Waals surface area contributed by atoms with Crippen molar-refractivity contribution < 1.29 is 14.7 Å². The molecule has 7 heteroatoms. The highest BCUT2D eigenvalue weighted by Crippen LogP contribution is 2.35. The first kappa shape index (κ1) is 20.8. The van der Waals surface area contributed by atoms with Crippen LogP contribution in [0, 0.1) is 0 Å². The Morgan fingerprint density at radius 3 is 2.73 bits per heavy atom. The summed E-state index contributed by atoms with van der Waals surface area (Å²) in [6.07, 6.45) is 2.14. The van der Waals surface area contributed by atoms with Gasteiger partial charge in [0.15, 0.2) is 10.6 Å². The van der Waals surface area contributed by atoms with Crippen molar-refractivity contribution in [2.24, 2.45) is 0 Å². The van der Waals surface area contributed by atoms with Crippen LogP contribution < -0.4 is 0 Å². The average molecular weight is 439 g/mol. The van der Waals surface area contributed by atoms with Crippen LogP contribution in [0.4, 0.5) is 0 Å². The second kappa shape index (κ2) is 9.55. The number of aliphatic hydroxyl groups is 1. The Bertz CT molecular complexity index is 1030. The fraction of sp³-hybridized carbons (Fsp3) is 0.261. The van der Waals surface area contributed by atoms with E-state index in [2.05, 4.69) is 29.2 Å². The first-order valence-corrected chi connectivity index (χ1v) is 11.7. The zero-order chi connectivity index (χ0) is 20.9. The standard InChI is InChI=1S/C23H22N2O3S2/c26-13-18-3-1-2-4-20(18)16-5-7-17(8-6-16)21-9-10-22(28)25(21)11-12-29-23-24-19(14-27)15-30-23/h1-8,14-15,21,26H,9-13H2. The Hall–Kier alpha value is -2.48. The third-order valence-electron chi connectivity index (χ3n) is 5.30. The average Bonchev–Trinajstić information content (AvgIpc) is 3.40. The lowest BCUT2D eigenvalue weighted by Gasteiger charge is -2.25. The van der Waals surface area contributed by atoms with Crippen molar-refractivity contribution >= 4 is 35.3 Å². The number of carbonyl (C=O) groups excluding carboxylic acids is 2. The highest BCUT2D eigenvalue weighted by molar-refractivity contribution is 8.01. The Kier molecular flexibility index (Phi) is 6.62. The molecular weight excluding hydrogens is 416 g/mol. The number of hydrogen-bond acceptors (Lipinski definition) is 6. The van der Waals surface area contributed by atoms with E-state index in [0.717, 1.165) is 45.1 Å². The van der Waals surface area contributed by atoms with E-state index >= 15 is 0 Å². The van der Waals surface area contributed by atoms with Gasteiger partial charge >= 0.3 is 0 Å². The number of aldehydes is 1. The van der Waals surface area contributed by atoms with Crippen LogP contribution in [-0.2, 0) is 11.4 Å². The van der Waals surface area contributed by atoms with Crippen molar-refractivity contribution in [1.29, 1.82) is 0 Å². The van der Waals surface area contributed by atoms with Gasteiger partial charge in [-0.15, -0.1) is 11.3 Å². The summed E-state index contributed by atoms with van der Waals surface area (Å²) in [7, 11) is 0. The molecule has 1 unspecified atom stereocenters. The minimum atomic E-state index is 0.00787. The van der Waals surface area contributed by atoms with E-state index in [-0.39, 0.29) is 18.6 Å². The predicted octanol–water partition coefficient (Wildman–Crippen LogP) is 4.57. The van der Waals surface area contributed by atoms with Gasteiger partial charge in [0.2, 0.25) is 5.91 Å². The first-order valence-electron chi connectivity index (χ1n) is 9.81. The third kappa shape index (κ3) is 4.48. The quantitative estimate of drug-likeness (QED) is 0.412. The van der Waals surface area contributed by atoms with E-state index < -0.39 is 0 Å². The SMILES string of the molecule is O=Cc1csc(SCCN2C(=O)CCC2c2ccc(-c3ccccc3CO)cc2)n1. The summed E-state index contributed by atoms with van der Waals surface area (Å²) in [5, 5.41) is 11.3. The number of aliphatic hydroxyl groups excluding tert-OH is 1. The minimum Gasteiger partial charge on any atom is -0.392 e. The predicted molar refractivity (Wildman–Crippen MR) is 120 cm³/mol. The normalized spacial score (nSPS) is 16.2. The molecule has 0 radical (unpaired) electrons. The molecule has 4 rings (SSSR count). The van der Waals surface area contributed by atoms with Crippen molar-refractivity contribution in [2.75, 3.05) is 12.3 Å². The smallest absolute Gasteiger partial charge is 0.223 e. The van der Waals surface area contributed by atoms with Crippen LogP contribution in [0.15, 0.2) is 58.3 Å². The molecule has 2 heterocycles. The molecule has 1 aliphatic heterocycles. The molecule has 154 valence electrons. The van der Waals surface area contributed by atoms with Crippen LogP contribution in [0.3, 0.4) is 0 Å². The molecule has 30 heavy (non-hydrogen) atoms. The van der Waals surface area contributed by atoms with E-state index in [0.29, 0.717) is 18.7 Å². The number of benzene rings is 2. The van der Waals surface area contributed by atoms with Crippen LogP contribution in [0.2, 0.25) is 0 Å². The monoisotopic (exact) mass is 438 g/mol. The van der Waals surface area contributed by atoms with Crippen molar-refractivity contribution in [3.05, 3.63) is 70.7 Å². The van der Waals surface area contributed by atoms with Crippen LogP contribution in [0.5, 0.6) is 0 Å². The molecule has 0 bridgehead atoms. The van der Waals surface area contributed by atoms with E-state index in [1.807, 2.05) is 29.2 Å². The van der Waals surface area contributed by atoms with E-state index in [4.69, 9.17) is 0 Å².